The first-order chi connectivity index (χ1) is 8.39. The molecule has 7 N–H and O–H groups in total. The predicted molar refractivity (Wildman–Crippen MR) is 59.0 cm³/mol. The molecule has 2 rings (SSSR count). The second kappa shape index (κ2) is 4.30. The summed E-state index contributed by atoms with van der Waals surface area (Å²) in [6.45, 7) is -0.709. The third-order valence-electron chi connectivity index (χ3n) is 2.83. The monoisotopic (exact) mass is 258 g/mol. The maximum atomic E-state index is 11.6. The van der Waals surface area contributed by atoms with Crippen LogP contribution >= 0.6 is 0 Å². The smallest absolute Gasteiger partial charge is 0.351 e. The second-order valence-electron chi connectivity index (χ2n) is 4.10. The largest absolute Gasteiger partial charge is 0.392 e. The van der Waals surface area contributed by atoms with Gasteiger partial charge in [0, 0.05) is 6.20 Å². The molecule has 1 aliphatic heterocycles. The van der Waals surface area contributed by atoms with E-state index in [2.05, 4.69) is 4.98 Å². The normalized spacial score (nSPS) is 35.9. The minimum atomic E-state index is -1.83. The van der Waals surface area contributed by atoms with E-state index < -0.39 is 36.5 Å². The Morgan fingerprint density at radius 1 is 1.56 bits per heavy atom. The van der Waals surface area contributed by atoms with Gasteiger partial charge >= 0.3 is 5.69 Å². The summed E-state index contributed by atoms with van der Waals surface area (Å²) in [7, 11) is 0. The van der Waals surface area contributed by atoms with E-state index in [-0.39, 0.29) is 5.82 Å². The molecule has 0 amide bonds. The molecule has 100 valence electrons. The molecule has 9 heteroatoms. The first-order valence-electron chi connectivity index (χ1n) is 5.17. The van der Waals surface area contributed by atoms with Crippen LogP contribution in [-0.4, -0.2) is 49.4 Å². The molecular formula is C9H14N4O5. The van der Waals surface area contributed by atoms with Gasteiger partial charge in [-0.05, 0) is 6.07 Å². The molecule has 0 unspecified atom stereocenters. The molecule has 1 aromatic rings. The fourth-order valence-corrected chi connectivity index (χ4v) is 1.78. The molecule has 1 aromatic heterocycles. The molecule has 0 spiro atoms. The maximum Gasteiger partial charge on any atom is 0.351 e. The molecule has 0 aromatic carbocycles. The first-order valence-corrected chi connectivity index (χ1v) is 5.17. The van der Waals surface area contributed by atoms with Crippen LogP contribution in [0.3, 0.4) is 0 Å². The number of aliphatic hydroxyl groups excluding tert-OH is 3. The highest BCUT2D eigenvalue weighted by molar-refractivity contribution is 5.23. The SMILES string of the molecule is Nc1ccn([C@@H]2O[C@](N)(CO)[C@H](O)[C@H]2O)c(=O)n1. The third-order valence-corrected chi connectivity index (χ3v) is 2.83. The van der Waals surface area contributed by atoms with Crippen LogP contribution in [0.15, 0.2) is 17.1 Å². The zero-order valence-corrected chi connectivity index (χ0v) is 9.30. The van der Waals surface area contributed by atoms with Gasteiger partial charge < -0.3 is 25.8 Å². The Morgan fingerprint density at radius 2 is 2.22 bits per heavy atom. The van der Waals surface area contributed by atoms with Crippen LogP contribution < -0.4 is 17.2 Å². The van der Waals surface area contributed by atoms with Crippen LogP contribution in [0.1, 0.15) is 6.23 Å². The van der Waals surface area contributed by atoms with Crippen molar-refractivity contribution in [2.45, 2.75) is 24.2 Å². The maximum absolute atomic E-state index is 11.6. The van der Waals surface area contributed by atoms with Crippen molar-refractivity contribution in [2.75, 3.05) is 12.3 Å². The highest BCUT2D eigenvalue weighted by atomic mass is 16.6. The fourth-order valence-electron chi connectivity index (χ4n) is 1.78. The zero-order valence-electron chi connectivity index (χ0n) is 9.30. The summed E-state index contributed by atoms with van der Waals surface area (Å²) in [5.74, 6) is 0.0189. The topological polar surface area (TPSA) is 157 Å². The quantitative estimate of drug-likeness (QED) is 0.369. The van der Waals surface area contributed by atoms with Crippen molar-refractivity contribution < 1.29 is 20.1 Å². The number of hydrogen-bond acceptors (Lipinski definition) is 8. The molecule has 4 atom stereocenters. The lowest BCUT2D eigenvalue weighted by molar-refractivity contribution is -0.125. The van der Waals surface area contributed by atoms with Gasteiger partial charge in [0.1, 0.15) is 18.0 Å². The second-order valence-corrected chi connectivity index (χ2v) is 4.10. The highest BCUT2D eigenvalue weighted by Gasteiger charge is 2.52. The number of nitrogen functional groups attached to an aromatic ring is 1. The summed E-state index contributed by atoms with van der Waals surface area (Å²) >= 11 is 0. The third kappa shape index (κ3) is 1.87. The Labute approximate surface area is 101 Å². The van der Waals surface area contributed by atoms with Gasteiger partial charge in [-0.15, -0.1) is 0 Å². The zero-order chi connectivity index (χ0) is 13.5. The number of nitrogens with zero attached hydrogens (tertiary/aromatic N) is 2. The van der Waals surface area contributed by atoms with Gasteiger partial charge in [-0.1, -0.05) is 0 Å². The van der Waals surface area contributed by atoms with Crippen molar-refractivity contribution in [2.24, 2.45) is 5.73 Å². The van der Waals surface area contributed by atoms with Crippen LogP contribution in [0.4, 0.5) is 5.82 Å². The van der Waals surface area contributed by atoms with Crippen LogP contribution in [0.5, 0.6) is 0 Å². The lowest BCUT2D eigenvalue weighted by atomic mass is 10.1. The van der Waals surface area contributed by atoms with E-state index in [9.17, 15) is 15.0 Å². The number of nitrogens with two attached hydrogens (primary N) is 2. The van der Waals surface area contributed by atoms with Crippen molar-refractivity contribution in [3.8, 4) is 0 Å². The van der Waals surface area contributed by atoms with E-state index in [1.807, 2.05) is 0 Å². The van der Waals surface area contributed by atoms with Crippen molar-refractivity contribution in [1.29, 1.82) is 0 Å². The van der Waals surface area contributed by atoms with Crippen LogP contribution in [0.2, 0.25) is 0 Å². The Bertz CT molecular complexity index is 506. The number of anilines is 1. The summed E-state index contributed by atoms with van der Waals surface area (Å²) in [4.78, 5) is 15.0. The van der Waals surface area contributed by atoms with Crippen LogP contribution in [-0.2, 0) is 4.74 Å². The number of aromatic nitrogens is 2. The van der Waals surface area contributed by atoms with Gasteiger partial charge in [-0.25, -0.2) is 4.79 Å². The van der Waals surface area contributed by atoms with Gasteiger partial charge in [0.25, 0.3) is 0 Å². The van der Waals surface area contributed by atoms with E-state index in [0.29, 0.717) is 0 Å². The van der Waals surface area contributed by atoms with Gasteiger partial charge in [0.2, 0.25) is 0 Å². The lowest BCUT2D eigenvalue weighted by Crippen LogP contribution is -2.54. The van der Waals surface area contributed by atoms with Gasteiger partial charge in [0.15, 0.2) is 12.0 Å². The van der Waals surface area contributed by atoms with E-state index in [4.69, 9.17) is 21.3 Å². The average Bonchev–Trinajstić information content (AvgIpc) is 2.55. The minimum absolute atomic E-state index is 0.0189. The van der Waals surface area contributed by atoms with Gasteiger partial charge in [0.05, 0.1) is 6.61 Å². The van der Waals surface area contributed by atoms with E-state index in [1.165, 1.54) is 12.3 Å². The molecule has 0 bridgehead atoms. The van der Waals surface area contributed by atoms with Crippen LogP contribution in [0.25, 0.3) is 0 Å². The molecule has 2 heterocycles. The van der Waals surface area contributed by atoms with E-state index in [1.54, 1.807) is 0 Å². The molecule has 1 saturated heterocycles. The molecule has 0 radical (unpaired) electrons. The predicted octanol–water partition coefficient (Wildman–Crippen LogP) is -3.28. The number of aliphatic hydroxyl groups is 3. The molecular weight excluding hydrogens is 244 g/mol. The van der Waals surface area contributed by atoms with Crippen molar-refractivity contribution in [3.63, 3.8) is 0 Å². The first kappa shape index (κ1) is 12.9. The van der Waals surface area contributed by atoms with E-state index >= 15 is 0 Å². The Hall–Kier alpha value is -1.52. The Kier molecular flexibility index (Phi) is 3.09. The summed E-state index contributed by atoms with van der Waals surface area (Å²) < 4.78 is 6.08. The van der Waals surface area contributed by atoms with Gasteiger partial charge in [-0.3, -0.25) is 10.3 Å². The molecule has 0 aliphatic carbocycles. The van der Waals surface area contributed by atoms with Crippen LogP contribution in [0, 0.1) is 0 Å². The van der Waals surface area contributed by atoms with Crippen molar-refractivity contribution >= 4 is 5.82 Å². The molecule has 18 heavy (non-hydrogen) atoms. The Morgan fingerprint density at radius 3 is 2.72 bits per heavy atom. The molecule has 0 saturated carbocycles. The summed E-state index contributed by atoms with van der Waals surface area (Å²) in [6, 6.07) is 1.33. The molecule has 1 fully saturated rings. The molecule has 9 nitrogen and oxygen atoms in total. The number of rotatable bonds is 2. The Balaban J connectivity index is 2.38. The average molecular weight is 258 g/mol. The summed E-state index contributed by atoms with van der Waals surface area (Å²) in [5, 5.41) is 28.5. The van der Waals surface area contributed by atoms with E-state index in [0.717, 1.165) is 4.57 Å². The number of hydrogen-bond donors (Lipinski definition) is 5. The highest BCUT2D eigenvalue weighted by Crippen LogP contribution is 2.32. The standard InChI is InChI=1S/C9H14N4O5/c10-4-1-2-13(8(17)12-4)7-5(15)6(16)9(11,3-14)18-7/h1-2,5-7,14-16H,3,11H2,(H2,10,12,17)/t5-,6-,7-,9-/m1/s1. The lowest BCUT2D eigenvalue weighted by Gasteiger charge is -2.24. The van der Waals surface area contributed by atoms with Crippen molar-refractivity contribution in [1.82, 2.24) is 9.55 Å². The number of ether oxygens (including phenoxy) is 1. The fraction of sp³-hybridized carbons (Fsp3) is 0.556. The summed E-state index contributed by atoms with van der Waals surface area (Å²) in [5.41, 5.74) is 8.30. The van der Waals surface area contributed by atoms with Gasteiger partial charge in [-0.2, -0.15) is 4.98 Å². The summed E-state index contributed by atoms with van der Waals surface area (Å²) in [6.07, 6.45) is -2.98. The molecule has 1 aliphatic rings. The minimum Gasteiger partial charge on any atom is -0.392 e. The van der Waals surface area contributed by atoms with Crippen molar-refractivity contribution in [3.05, 3.63) is 22.7 Å².